The molecule has 0 spiro atoms. The zero-order valence-electron chi connectivity index (χ0n) is 16.7. The highest BCUT2D eigenvalue weighted by Crippen LogP contribution is 2.10. The number of alkyl carbamates (subject to hydrolysis) is 1. The number of hydrogen-bond donors (Lipinski definition) is 1. The van der Waals surface area contributed by atoms with Crippen molar-refractivity contribution in [2.45, 2.75) is 59.3 Å². The fraction of sp³-hybridized carbons (Fsp3) is 0.476. The smallest absolute Gasteiger partial charge is 0.408 e. The largest absolute Gasteiger partial charge is 0.458 e. The highest BCUT2D eigenvalue weighted by Gasteiger charge is 2.23. The minimum absolute atomic E-state index is 0.129. The van der Waals surface area contributed by atoms with Gasteiger partial charge < -0.3 is 14.8 Å². The van der Waals surface area contributed by atoms with Crippen molar-refractivity contribution in [1.29, 1.82) is 0 Å². The molecule has 0 radical (unpaired) electrons. The van der Waals surface area contributed by atoms with Crippen molar-refractivity contribution in [3.05, 3.63) is 48.0 Å². The number of benzene rings is 1. The lowest BCUT2D eigenvalue weighted by Gasteiger charge is -2.23. The van der Waals surface area contributed by atoms with Crippen LogP contribution < -0.4 is 5.32 Å². The Bertz CT molecular complexity index is 659. The summed E-state index contributed by atoms with van der Waals surface area (Å²) in [6.07, 6.45) is 1.98. The summed E-state index contributed by atoms with van der Waals surface area (Å²) in [6, 6.07) is 8.48. The Morgan fingerprint density at radius 3 is 2.26 bits per heavy atom. The molecule has 1 amide bonds. The Balaban J connectivity index is 2.62. The second-order valence-electron chi connectivity index (χ2n) is 7.66. The van der Waals surface area contributed by atoms with Crippen LogP contribution in [0.1, 0.15) is 46.6 Å². The molecule has 0 aliphatic carbocycles. The molecule has 6 heteroatoms. The van der Waals surface area contributed by atoms with Gasteiger partial charge in [-0.15, -0.1) is 0 Å². The van der Waals surface area contributed by atoms with Gasteiger partial charge in [-0.2, -0.15) is 0 Å². The number of carbonyl (C=O) groups is 3. The molecule has 1 rings (SSSR count). The topological polar surface area (TPSA) is 81.7 Å². The highest BCUT2D eigenvalue weighted by molar-refractivity contribution is 6.00. The van der Waals surface area contributed by atoms with Crippen LogP contribution in [0.3, 0.4) is 0 Å². The van der Waals surface area contributed by atoms with Crippen LogP contribution in [-0.2, 0) is 25.7 Å². The van der Waals surface area contributed by atoms with Crippen molar-refractivity contribution >= 4 is 17.8 Å². The van der Waals surface area contributed by atoms with Gasteiger partial charge in [0.1, 0.15) is 12.2 Å². The number of hydrogen-bond acceptors (Lipinski definition) is 5. The lowest BCUT2D eigenvalue weighted by atomic mass is 10.00. The molecule has 0 aliphatic heterocycles. The lowest BCUT2D eigenvalue weighted by molar-refractivity contribution is -0.139. The minimum Gasteiger partial charge on any atom is -0.458 e. The van der Waals surface area contributed by atoms with E-state index in [-0.39, 0.29) is 18.3 Å². The van der Waals surface area contributed by atoms with Gasteiger partial charge >= 0.3 is 12.1 Å². The molecular formula is C21H29NO5. The summed E-state index contributed by atoms with van der Waals surface area (Å²) in [5.74, 6) is -0.827. The van der Waals surface area contributed by atoms with E-state index in [1.807, 2.05) is 44.2 Å². The van der Waals surface area contributed by atoms with Gasteiger partial charge in [-0.25, -0.2) is 9.59 Å². The monoisotopic (exact) mass is 375 g/mol. The molecule has 0 saturated carbocycles. The minimum atomic E-state index is -0.766. The number of ether oxygens (including phenoxy) is 2. The zero-order valence-corrected chi connectivity index (χ0v) is 16.7. The van der Waals surface area contributed by atoms with Gasteiger partial charge in [-0.05, 0) is 44.7 Å². The fourth-order valence-electron chi connectivity index (χ4n) is 2.21. The lowest BCUT2D eigenvalue weighted by Crippen LogP contribution is -2.43. The van der Waals surface area contributed by atoms with Crippen LogP contribution in [0.15, 0.2) is 42.5 Å². The molecule has 148 valence electrons. The number of amides is 1. The number of nitrogens with one attached hydrogen (secondary N) is 1. The van der Waals surface area contributed by atoms with Gasteiger partial charge in [0.05, 0.1) is 6.04 Å². The van der Waals surface area contributed by atoms with E-state index >= 15 is 0 Å². The summed E-state index contributed by atoms with van der Waals surface area (Å²) in [4.78, 5) is 36.1. The van der Waals surface area contributed by atoms with E-state index in [1.165, 1.54) is 0 Å². The van der Waals surface area contributed by atoms with Gasteiger partial charge in [0.2, 0.25) is 0 Å². The third kappa shape index (κ3) is 10.2. The van der Waals surface area contributed by atoms with E-state index < -0.39 is 23.7 Å². The van der Waals surface area contributed by atoms with Gasteiger partial charge in [-0.3, -0.25) is 4.79 Å². The maximum absolute atomic E-state index is 12.4. The summed E-state index contributed by atoms with van der Waals surface area (Å²) in [5, 5.41) is 2.57. The molecule has 0 heterocycles. The van der Waals surface area contributed by atoms with E-state index in [0.29, 0.717) is 6.42 Å². The van der Waals surface area contributed by atoms with Crippen molar-refractivity contribution in [2.24, 2.45) is 5.92 Å². The summed E-state index contributed by atoms with van der Waals surface area (Å²) in [7, 11) is 0. The molecule has 1 aromatic rings. The van der Waals surface area contributed by atoms with Gasteiger partial charge in [-0.1, -0.05) is 44.2 Å². The molecule has 0 fully saturated rings. The van der Waals surface area contributed by atoms with Gasteiger partial charge in [0.25, 0.3) is 0 Å². The molecule has 0 saturated heterocycles. The molecule has 27 heavy (non-hydrogen) atoms. The molecule has 0 aromatic heterocycles. The average molecular weight is 375 g/mol. The molecule has 6 nitrogen and oxygen atoms in total. The second-order valence-corrected chi connectivity index (χ2v) is 7.66. The normalized spacial score (nSPS) is 12.7. The van der Waals surface area contributed by atoms with Crippen molar-refractivity contribution in [1.82, 2.24) is 5.32 Å². The van der Waals surface area contributed by atoms with Crippen LogP contribution in [0.5, 0.6) is 0 Å². The standard InChI is InChI=1S/C21H29NO5/c1-15(2)13-17(22-20(25)27-21(3,4)5)18(23)11-12-19(24)26-14-16-9-7-6-8-10-16/h6-12,15,17H,13-14H2,1-5H3,(H,22,25)/b12-11+/t17-/m1/s1. The molecule has 0 aliphatic rings. The SMILES string of the molecule is CC(C)C[C@@H](NC(=O)OC(C)(C)C)C(=O)/C=C/C(=O)OCc1ccccc1. The van der Waals surface area contributed by atoms with Crippen molar-refractivity contribution in [2.75, 3.05) is 0 Å². The molecular weight excluding hydrogens is 346 g/mol. The Labute approximate surface area is 160 Å². The third-order valence-corrected chi connectivity index (χ3v) is 3.35. The van der Waals surface area contributed by atoms with Gasteiger partial charge in [0, 0.05) is 6.08 Å². The summed E-state index contributed by atoms with van der Waals surface area (Å²) in [5.41, 5.74) is 0.196. The van der Waals surface area contributed by atoms with Crippen LogP contribution in [-0.4, -0.2) is 29.5 Å². The Morgan fingerprint density at radius 2 is 1.70 bits per heavy atom. The maximum atomic E-state index is 12.4. The molecule has 1 atom stereocenters. The zero-order chi connectivity index (χ0) is 20.4. The van der Waals surface area contributed by atoms with Crippen molar-refractivity contribution in [3.63, 3.8) is 0 Å². The predicted molar refractivity (Wildman–Crippen MR) is 103 cm³/mol. The predicted octanol–water partition coefficient (Wildman–Crippen LogP) is 3.79. The summed E-state index contributed by atoms with van der Waals surface area (Å²) < 4.78 is 10.3. The van der Waals surface area contributed by atoms with E-state index in [2.05, 4.69) is 5.32 Å². The van der Waals surface area contributed by atoms with Gasteiger partial charge in [0.15, 0.2) is 5.78 Å². The van der Waals surface area contributed by atoms with E-state index in [1.54, 1.807) is 20.8 Å². The quantitative estimate of drug-likeness (QED) is 0.552. The third-order valence-electron chi connectivity index (χ3n) is 3.35. The van der Waals surface area contributed by atoms with Crippen LogP contribution >= 0.6 is 0 Å². The van der Waals surface area contributed by atoms with E-state index in [0.717, 1.165) is 17.7 Å². The van der Waals surface area contributed by atoms with E-state index in [9.17, 15) is 14.4 Å². The van der Waals surface area contributed by atoms with Crippen LogP contribution in [0.4, 0.5) is 4.79 Å². The summed E-state index contributed by atoms with van der Waals surface area (Å²) >= 11 is 0. The number of carbonyl (C=O) groups excluding carboxylic acids is 3. The summed E-state index contributed by atoms with van der Waals surface area (Å²) in [6.45, 7) is 9.24. The first-order valence-electron chi connectivity index (χ1n) is 8.99. The molecule has 1 aromatic carbocycles. The average Bonchev–Trinajstić information content (AvgIpc) is 2.56. The number of esters is 1. The highest BCUT2D eigenvalue weighted by atomic mass is 16.6. The number of ketones is 1. The first kappa shape index (κ1) is 22.4. The Morgan fingerprint density at radius 1 is 1.07 bits per heavy atom. The molecule has 1 N–H and O–H groups in total. The Hall–Kier alpha value is -2.63. The molecule has 0 bridgehead atoms. The van der Waals surface area contributed by atoms with Crippen molar-refractivity contribution in [3.8, 4) is 0 Å². The van der Waals surface area contributed by atoms with Crippen LogP contribution in [0.2, 0.25) is 0 Å². The fourth-order valence-corrected chi connectivity index (χ4v) is 2.21. The molecule has 0 unspecified atom stereocenters. The first-order valence-corrected chi connectivity index (χ1v) is 8.99. The number of rotatable bonds is 8. The maximum Gasteiger partial charge on any atom is 0.408 e. The first-order chi connectivity index (χ1) is 12.6. The second kappa shape index (κ2) is 10.5. The van der Waals surface area contributed by atoms with Crippen molar-refractivity contribution < 1.29 is 23.9 Å². The van der Waals surface area contributed by atoms with Crippen LogP contribution in [0, 0.1) is 5.92 Å². The van der Waals surface area contributed by atoms with E-state index in [4.69, 9.17) is 9.47 Å². The Kier molecular flexibility index (Phi) is 8.72. The van der Waals surface area contributed by atoms with Crippen LogP contribution in [0.25, 0.3) is 0 Å².